The number of aryl methyl sites for hydroxylation is 2. The van der Waals surface area contributed by atoms with Gasteiger partial charge in [0.05, 0.1) is 0 Å². The average molecular weight is 424 g/mol. The third-order valence-corrected chi connectivity index (χ3v) is 4.12. The Bertz CT molecular complexity index is 772. The Labute approximate surface area is 171 Å². The van der Waals surface area contributed by atoms with E-state index in [9.17, 15) is 0 Å². The van der Waals surface area contributed by atoms with E-state index >= 15 is 0 Å². The largest absolute Gasteiger partial charge is 3.00 e. The molecule has 3 rings (SSSR count). The average Bonchev–Trinajstić information content (AvgIpc) is 2.85. The van der Waals surface area contributed by atoms with Crippen molar-refractivity contribution in [3.8, 4) is 11.1 Å². The first-order valence-corrected chi connectivity index (χ1v) is 7.33. The fourth-order valence-electron chi connectivity index (χ4n) is 2.85. The van der Waals surface area contributed by atoms with Gasteiger partial charge in [0.1, 0.15) is 0 Å². The summed E-state index contributed by atoms with van der Waals surface area (Å²) in [5.74, 6) is 0.578. The second-order valence-electron chi connectivity index (χ2n) is 6.07. The van der Waals surface area contributed by atoms with E-state index in [0.29, 0.717) is 5.92 Å². The maximum absolute atomic E-state index is 2.36. The van der Waals surface area contributed by atoms with E-state index in [4.69, 9.17) is 0 Å². The van der Waals surface area contributed by atoms with Crippen molar-refractivity contribution in [2.75, 3.05) is 0 Å². The van der Waals surface area contributed by atoms with E-state index in [1.807, 2.05) is 0 Å². The molecule has 1 radical (unpaired) electrons. The number of benzene rings is 2. The van der Waals surface area contributed by atoms with E-state index in [2.05, 4.69) is 76.2 Å². The molecule has 3 heteroatoms. The van der Waals surface area contributed by atoms with E-state index in [-0.39, 0.29) is 51.0 Å². The van der Waals surface area contributed by atoms with Crippen molar-refractivity contribution in [2.24, 2.45) is 0 Å². The molecule has 0 unspecified atom stereocenters. The minimum absolute atomic E-state index is 0. The molecule has 3 aromatic rings. The number of hydrogen-bond donors (Lipinski definition) is 0. The Hall–Kier alpha value is -0.487. The zero-order valence-electron chi connectivity index (χ0n) is 14.0. The normalized spacial score (nSPS) is 9.96. The van der Waals surface area contributed by atoms with Crippen LogP contribution in [0.5, 0.6) is 0 Å². The predicted molar refractivity (Wildman–Crippen MR) is 88.5 cm³/mol. The summed E-state index contributed by atoms with van der Waals surface area (Å²) in [4.78, 5) is 0. The second-order valence-corrected chi connectivity index (χ2v) is 6.07. The fraction of sp³-hybridized carbons (Fsp3) is 0.250. The summed E-state index contributed by atoms with van der Waals surface area (Å²) >= 11 is 0. The van der Waals surface area contributed by atoms with Crippen LogP contribution in [0.1, 0.15) is 36.5 Å². The molecule has 119 valence electrons. The second kappa shape index (κ2) is 9.12. The molecule has 3 aromatic carbocycles. The van der Waals surface area contributed by atoms with Crippen LogP contribution in [0.25, 0.3) is 21.9 Å². The van der Waals surface area contributed by atoms with Gasteiger partial charge in [-0.1, -0.05) is 49.2 Å². The maximum atomic E-state index is 2.36. The van der Waals surface area contributed by atoms with Crippen molar-refractivity contribution >= 4 is 10.8 Å². The molecule has 0 heterocycles. The summed E-state index contributed by atoms with van der Waals surface area (Å²) in [5, 5.41) is 2.73. The summed E-state index contributed by atoms with van der Waals surface area (Å²) in [6.07, 6.45) is 0. The topological polar surface area (TPSA) is 0 Å². The summed E-state index contributed by atoms with van der Waals surface area (Å²) in [6.45, 7) is 8.87. The zero-order valence-corrected chi connectivity index (χ0v) is 17.9. The molecule has 0 amide bonds. The molecular weight excluding hydrogens is 402 g/mol. The van der Waals surface area contributed by atoms with Crippen molar-refractivity contribution in [2.45, 2.75) is 33.6 Å². The van der Waals surface area contributed by atoms with Gasteiger partial charge in [-0.05, 0) is 30.9 Å². The Balaban J connectivity index is 0.00000161. The molecular formula is C20H21Cl2Zr. The molecule has 0 aromatic heterocycles. The smallest absolute Gasteiger partial charge is 1.00 e. The molecule has 23 heavy (non-hydrogen) atoms. The number of halogens is 2. The van der Waals surface area contributed by atoms with Gasteiger partial charge < -0.3 is 24.8 Å². The molecule has 0 fully saturated rings. The third kappa shape index (κ3) is 4.53. The van der Waals surface area contributed by atoms with Crippen LogP contribution in [0.4, 0.5) is 0 Å². The minimum Gasteiger partial charge on any atom is -1.00 e. The molecule has 0 bridgehead atoms. The fourth-order valence-corrected chi connectivity index (χ4v) is 2.85. The van der Waals surface area contributed by atoms with E-state index in [0.717, 1.165) is 0 Å². The first-order chi connectivity index (χ1) is 9.56. The van der Waals surface area contributed by atoms with Crippen LogP contribution in [0.15, 0.2) is 48.5 Å². The Morgan fingerprint density at radius 2 is 1.57 bits per heavy atom. The molecule has 0 saturated heterocycles. The molecule has 0 atom stereocenters. The minimum atomic E-state index is 0. The zero-order chi connectivity index (χ0) is 14.3. The van der Waals surface area contributed by atoms with Gasteiger partial charge in [-0.2, -0.15) is 6.07 Å². The van der Waals surface area contributed by atoms with Gasteiger partial charge in [0.2, 0.25) is 0 Å². The van der Waals surface area contributed by atoms with Crippen LogP contribution >= 0.6 is 0 Å². The number of rotatable bonds is 2. The molecule has 0 spiro atoms. The SMILES string of the molecule is Cc1ccc(C)c(-c2cccc3[cH-]c(C(C)C)cc23)c1.[Cl-].[Cl-].[Zr+3]. The first kappa shape index (κ1) is 22.5. The molecule has 0 nitrogen and oxygen atoms in total. The summed E-state index contributed by atoms with van der Waals surface area (Å²) in [5.41, 5.74) is 6.80. The van der Waals surface area contributed by atoms with Gasteiger partial charge >= 0.3 is 26.2 Å². The molecule has 0 N–H and O–H groups in total. The van der Waals surface area contributed by atoms with Crippen LogP contribution in [-0.4, -0.2) is 0 Å². The van der Waals surface area contributed by atoms with Gasteiger partial charge in [-0.3, -0.25) is 0 Å². The van der Waals surface area contributed by atoms with Crippen molar-refractivity contribution in [3.63, 3.8) is 0 Å². The van der Waals surface area contributed by atoms with Gasteiger partial charge in [0.15, 0.2) is 0 Å². The van der Waals surface area contributed by atoms with Crippen molar-refractivity contribution in [1.29, 1.82) is 0 Å². The molecule has 0 aliphatic heterocycles. The van der Waals surface area contributed by atoms with Crippen LogP contribution < -0.4 is 24.8 Å². The maximum Gasteiger partial charge on any atom is 3.00 e. The van der Waals surface area contributed by atoms with E-state index < -0.39 is 0 Å². The van der Waals surface area contributed by atoms with E-state index in [1.165, 1.54) is 38.6 Å². The van der Waals surface area contributed by atoms with Gasteiger partial charge in [-0.25, -0.2) is 0 Å². The predicted octanol–water partition coefficient (Wildman–Crippen LogP) is -0.0286. The monoisotopic (exact) mass is 421 g/mol. The quantitative estimate of drug-likeness (QED) is 0.508. The van der Waals surface area contributed by atoms with Crippen LogP contribution in [0, 0.1) is 13.8 Å². The van der Waals surface area contributed by atoms with Crippen molar-refractivity contribution < 1.29 is 51.0 Å². The Kier molecular flexibility index (Phi) is 8.92. The standard InChI is InChI=1S/C20H21.2ClH.Zr/c1-13(2)17-11-16-6-5-7-18(20(16)12-17)19-10-14(3)8-9-15(19)4;;;/h5-13H,1-4H3;2*1H;/q-1;;;+3/p-2. The van der Waals surface area contributed by atoms with E-state index in [1.54, 1.807) is 0 Å². The number of hydrogen-bond acceptors (Lipinski definition) is 0. The molecule has 0 aliphatic rings. The molecule has 0 aliphatic carbocycles. The summed E-state index contributed by atoms with van der Waals surface area (Å²) in [6, 6.07) is 18.0. The van der Waals surface area contributed by atoms with Gasteiger partial charge in [0.25, 0.3) is 0 Å². The van der Waals surface area contributed by atoms with Gasteiger partial charge in [-0.15, -0.1) is 34.5 Å². The summed E-state index contributed by atoms with van der Waals surface area (Å²) in [7, 11) is 0. The van der Waals surface area contributed by atoms with Crippen molar-refractivity contribution in [3.05, 3.63) is 65.2 Å². The summed E-state index contributed by atoms with van der Waals surface area (Å²) < 4.78 is 0. The first-order valence-electron chi connectivity index (χ1n) is 7.33. The number of fused-ring (bicyclic) bond motifs is 1. The van der Waals surface area contributed by atoms with Gasteiger partial charge in [0, 0.05) is 0 Å². The van der Waals surface area contributed by atoms with Crippen molar-refractivity contribution in [1.82, 2.24) is 0 Å². The Morgan fingerprint density at radius 1 is 0.870 bits per heavy atom. The van der Waals surface area contributed by atoms with Crippen LogP contribution in [0.3, 0.4) is 0 Å². The molecule has 0 saturated carbocycles. The van der Waals surface area contributed by atoms with Crippen LogP contribution in [0.2, 0.25) is 0 Å². The van der Waals surface area contributed by atoms with Crippen LogP contribution in [-0.2, 0) is 26.2 Å². The third-order valence-electron chi connectivity index (χ3n) is 4.12. The Morgan fingerprint density at radius 3 is 2.22 bits per heavy atom.